The van der Waals surface area contributed by atoms with E-state index in [1.54, 1.807) is 19.1 Å². The lowest BCUT2D eigenvalue weighted by Crippen LogP contribution is -2.20. The van der Waals surface area contributed by atoms with Crippen LogP contribution >= 0.6 is 11.8 Å². The summed E-state index contributed by atoms with van der Waals surface area (Å²) in [4.78, 5) is 0.673. The van der Waals surface area contributed by atoms with Gasteiger partial charge in [-0.1, -0.05) is 19.9 Å². The Labute approximate surface area is 123 Å². The molecular formula is C15H22F3NS. The maximum absolute atomic E-state index is 13.1. The Morgan fingerprint density at radius 2 is 1.85 bits per heavy atom. The zero-order valence-electron chi connectivity index (χ0n) is 12.1. The van der Waals surface area contributed by atoms with Crippen LogP contribution in [0.2, 0.25) is 0 Å². The van der Waals surface area contributed by atoms with Crippen molar-refractivity contribution in [1.29, 1.82) is 0 Å². The minimum absolute atomic E-state index is 0.242. The van der Waals surface area contributed by atoms with Gasteiger partial charge in [-0.2, -0.15) is 13.2 Å². The third-order valence-corrected chi connectivity index (χ3v) is 3.92. The van der Waals surface area contributed by atoms with Gasteiger partial charge in [0.2, 0.25) is 0 Å². The van der Waals surface area contributed by atoms with Crippen LogP contribution < -0.4 is 5.73 Å². The highest BCUT2D eigenvalue weighted by atomic mass is 32.2. The second-order valence-electron chi connectivity index (χ2n) is 5.53. The van der Waals surface area contributed by atoms with Crippen molar-refractivity contribution in [2.75, 3.05) is 5.75 Å². The van der Waals surface area contributed by atoms with E-state index < -0.39 is 11.7 Å². The molecule has 0 fully saturated rings. The molecule has 1 nitrogen and oxygen atoms in total. The number of hydrogen-bond donors (Lipinski definition) is 1. The van der Waals surface area contributed by atoms with E-state index in [4.69, 9.17) is 5.73 Å². The molecule has 2 N–H and O–H groups in total. The summed E-state index contributed by atoms with van der Waals surface area (Å²) in [5.74, 6) is 1.39. The van der Waals surface area contributed by atoms with Gasteiger partial charge in [0.05, 0.1) is 5.56 Å². The molecule has 5 heteroatoms. The van der Waals surface area contributed by atoms with E-state index >= 15 is 0 Å². The number of nitrogens with two attached hydrogens (primary N) is 1. The van der Waals surface area contributed by atoms with Crippen LogP contribution in [0.5, 0.6) is 0 Å². The predicted octanol–water partition coefficient (Wildman–Crippen LogP) is 4.73. The maximum atomic E-state index is 13.1. The Hall–Kier alpha value is -0.680. The van der Waals surface area contributed by atoms with Gasteiger partial charge in [0.15, 0.2) is 0 Å². The molecule has 0 aliphatic rings. The summed E-state index contributed by atoms with van der Waals surface area (Å²) in [5.41, 5.74) is 5.34. The van der Waals surface area contributed by atoms with Crippen LogP contribution in [0, 0.1) is 5.92 Å². The minimum Gasteiger partial charge on any atom is -0.328 e. The first-order valence-corrected chi connectivity index (χ1v) is 7.77. The third-order valence-electron chi connectivity index (χ3n) is 2.89. The monoisotopic (exact) mass is 305 g/mol. The van der Waals surface area contributed by atoms with Crippen LogP contribution in [0.3, 0.4) is 0 Å². The zero-order valence-corrected chi connectivity index (χ0v) is 12.9. The van der Waals surface area contributed by atoms with Crippen molar-refractivity contribution in [2.45, 2.75) is 50.7 Å². The van der Waals surface area contributed by atoms with Crippen molar-refractivity contribution in [3.05, 3.63) is 29.3 Å². The Kier molecular flexibility index (Phi) is 6.40. The van der Waals surface area contributed by atoms with Crippen molar-refractivity contribution in [1.82, 2.24) is 0 Å². The second kappa shape index (κ2) is 7.36. The first-order chi connectivity index (χ1) is 9.20. The number of thioether (sulfide) groups is 1. The van der Waals surface area contributed by atoms with Crippen LogP contribution in [0.25, 0.3) is 0 Å². The average Bonchev–Trinajstić information content (AvgIpc) is 2.28. The van der Waals surface area contributed by atoms with Gasteiger partial charge < -0.3 is 5.73 Å². The number of halogens is 3. The fourth-order valence-corrected chi connectivity index (χ4v) is 3.04. The Morgan fingerprint density at radius 3 is 2.35 bits per heavy atom. The molecule has 0 aliphatic carbocycles. The summed E-state index contributed by atoms with van der Waals surface area (Å²) in [6.07, 6.45) is -3.09. The molecule has 0 amide bonds. The first kappa shape index (κ1) is 17.4. The van der Waals surface area contributed by atoms with Crippen LogP contribution in [-0.2, 0) is 12.6 Å². The number of hydrogen-bond acceptors (Lipinski definition) is 2. The summed E-state index contributed by atoms with van der Waals surface area (Å²) < 4.78 is 39.2. The molecule has 0 saturated heterocycles. The summed E-state index contributed by atoms with van der Waals surface area (Å²) >= 11 is 1.48. The molecule has 0 radical (unpaired) electrons. The van der Waals surface area contributed by atoms with E-state index in [1.165, 1.54) is 17.8 Å². The highest BCUT2D eigenvalue weighted by Gasteiger charge is 2.33. The predicted molar refractivity (Wildman–Crippen MR) is 79.0 cm³/mol. The molecule has 0 saturated carbocycles. The van der Waals surface area contributed by atoms with Crippen molar-refractivity contribution in [3.8, 4) is 0 Å². The molecule has 1 atom stereocenters. The van der Waals surface area contributed by atoms with Gasteiger partial charge in [-0.15, -0.1) is 11.8 Å². The van der Waals surface area contributed by atoms with Crippen molar-refractivity contribution in [3.63, 3.8) is 0 Å². The summed E-state index contributed by atoms with van der Waals surface area (Å²) in [5, 5.41) is 0. The largest absolute Gasteiger partial charge is 0.416 e. The lowest BCUT2D eigenvalue weighted by molar-refractivity contribution is -0.138. The Morgan fingerprint density at radius 1 is 1.20 bits per heavy atom. The molecule has 1 rings (SSSR count). The van der Waals surface area contributed by atoms with E-state index in [-0.39, 0.29) is 18.0 Å². The van der Waals surface area contributed by atoms with E-state index in [0.29, 0.717) is 10.8 Å². The summed E-state index contributed by atoms with van der Waals surface area (Å²) in [6, 6.07) is 4.29. The third kappa shape index (κ3) is 5.75. The molecule has 0 aromatic heterocycles. The van der Waals surface area contributed by atoms with Crippen LogP contribution in [0.4, 0.5) is 13.2 Å². The average molecular weight is 305 g/mol. The molecule has 1 unspecified atom stereocenters. The SMILES string of the molecule is CC(C)CCSc1ccc(CC(C)N)c(C(F)(F)F)c1. The molecule has 20 heavy (non-hydrogen) atoms. The van der Waals surface area contributed by atoms with E-state index in [2.05, 4.69) is 13.8 Å². The van der Waals surface area contributed by atoms with Gasteiger partial charge in [-0.3, -0.25) is 0 Å². The highest BCUT2D eigenvalue weighted by molar-refractivity contribution is 7.99. The van der Waals surface area contributed by atoms with Gasteiger partial charge in [-0.05, 0) is 49.1 Å². The van der Waals surface area contributed by atoms with E-state index in [0.717, 1.165) is 12.2 Å². The topological polar surface area (TPSA) is 26.0 Å². The van der Waals surface area contributed by atoms with Gasteiger partial charge in [0.25, 0.3) is 0 Å². The normalized spacial score (nSPS) is 13.8. The van der Waals surface area contributed by atoms with Crippen molar-refractivity contribution >= 4 is 11.8 Å². The molecule has 1 aromatic carbocycles. The van der Waals surface area contributed by atoms with Crippen LogP contribution in [-0.4, -0.2) is 11.8 Å². The zero-order chi connectivity index (χ0) is 15.3. The van der Waals surface area contributed by atoms with Crippen LogP contribution in [0.15, 0.2) is 23.1 Å². The molecule has 0 aliphatic heterocycles. The Balaban J connectivity index is 2.90. The van der Waals surface area contributed by atoms with Gasteiger partial charge in [0.1, 0.15) is 0 Å². The number of rotatable bonds is 6. The van der Waals surface area contributed by atoms with E-state index in [1.807, 2.05) is 0 Å². The molecular weight excluding hydrogens is 283 g/mol. The number of benzene rings is 1. The lowest BCUT2D eigenvalue weighted by atomic mass is 10.0. The molecule has 0 spiro atoms. The molecule has 1 aromatic rings. The summed E-state index contributed by atoms with van der Waals surface area (Å²) in [7, 11) is 0. The van der Waals surface area contributed by atoms with Crippen molar-refractivity contribution < 1.29 is 13.2 Å². The van der Waals surface area contributed by atoms with Gasteiger partial charge >= 0.3 is 6.18 Å². The number of alkyl halides is 3. The molecule has 0 bridgehead atoms. The molecule has 114 valence electrons. The minimum atomic E-state index is -4.32. The second-order valence-corrected chi connectivity index (χ2v) is 6.70. The van der Waals surface area contributed by atoms with Gasteiger partial charge in [-0.25, -0.2) is 0 Å². The molecule has 0 heterocycles. The van der Waals surface area contributed by atoms with Crippen LogP contribution in [0.1, 0.15) is 38.3 Å². The fourth-order valence-electron chi connectivity index (χ4n) is 1.85. The highest BCUT2D eigenvalue weighted by Crippen LogP contribution is 2.35. The first-order valence-electron chi connectivity index (χ1n) is 6.78. The van der Waals surface area contributed by atoms with Crippen molar-refractivity contribution in [2.24, 2.45) is 11.7 Å². The fraction of sp³-hybridized carbons (Fsp3) is 0.600. The smallest absolute Gasteiger partial charge is 0.328 e. The lowest BCUT2D eigenvalue weighted by Gasteiger charge is -2.16. The quantitative estimate of drug-likeness (QED) is 0.769. The Bertz CT molecular complexity index is 428. The van der Waals surface area contributed by atoms with Gasteiger partial charge in [0, 0.05) is 10.9 Å². The van der Waals surface area contributed by atoms with E-state index in [9.17, 15) is 13.2 Å². The maximum Gasteiger partial charge on any atom is 0.416 e. The summed E-state index contributed by atoms with van der Waals surface area (Å²) in [6.45, 7) is 5.92. The standard InChI is InChI=1S/C15H22F3NS/c1-10(2)6-7-20-13-5-4-12(8-11(3)19)14(9-13)15(16,17)18/h4-5,9-11H,6-8,19H2,1-3H3.